The van der Waals surface area contributed by atoms with Crippen LogP contribution in [-0.2, 0) is 46.3 Å². The zero-order valence-electron chi connectivity index (χ0n) is 42.5. The lowest BCUT2D eigenvalue weighted by atomic mass is 10.1. The molecular weight excluding hydrogens is 985 g/mol. The fraction of sp³-hybridized carbons (Fsp3) is 0.577. The Morgan fingerprint density at radius 3 is 2.00 bits per heavy atom. The Kier molecular flexibility index (Phi) is 34.7. The first-order valence-electron chi connectivity index (χ1n) is 25.4. The van der Waals surface area contributed by atoms with Crippen molar-refractivity contribution in [2.75, 3.05) is 25.6 Å². The summed E-state index contributed by atoms with van der Waals surface area (Å²) in [6.07, 6.45) is 39.7. The molecule has 410 valence electrons. The number of hydrogen-bond donors (Lipinski definition) is 6. The van der Waals surface area contributed by atoms with E-state index in [9.17, 15) is 48.6 Å². The van der Waals surface area contributed by atoms with Crippen molar-refractivity contribution in [1.29, 1.82) is 0 Å². The number of nitrogen functional groups attached to an aromatic ring is 1. The number of aliphatic hydroxyl groups is 3. The van der Waals surface area contributed by atoms with E-state index in [1.165, 1.54) is 25.3 Å². The lowest BCUT2D eigenvalue weighted by molar-refractivity contribution is -0.161. The molecule has 0 bridgehead atoms. The minimum absolute atomic E-state index is 0.0817. The van der Waals surface area contributed by atoms with E-state index in [0.717, 1.165) is 75.0 Å². The van der Waals surface area contributed by atoms with Crippen LogP contribution in [0.25, 0.3) is 0 Å². The summed E-state index contributed by atoms with van der Waals surface area (Å²) in [6, 6.07) is 1.24. The van der Waals surface area contributed by atoms with Gasteiger partial charge in [-0.3, -0.25) is 23.2 Å². The number of phosphoric ester groups is 2. The second-order valence-corrected chi connectivity index (χ2v) is 20.2. The Hall–Kier alpha value is -4.36. The normalized spacial score (nSPS) is 20.2. The molecule has 2 heterocycles. The van der Waals surface area contributed by atoms with E-state index in [0.29, 0.717) is 19.3 Å². The van der Waals surface area contributed by atoms with Crippen LogP contribution >= 0.6 is 15.6 Å². The van der Waals surface area contributed by atoms with Crippen molar-refractivity contribution in [3.8, 4) is 0 Å². The lowest BCUT2D eigenvalue weighted by Gasteiger charge is -2.21. The van der Waals surface area contributed by atoms with E-state index in [4.69, 9.17) is 29.0 Å². The number of esters is 2. The van der Waals surface area contributed by atoms with E-state index in [-0.39, 0.29) is 25.1 Å². The molecule has 21 heteroatoms. The predicted molar refractivity (Wildman–Crippen MR) is 281 cm³/mol. The van der Waals surface area contributed by atoms with Crippen LogP contribution in [0.3, 0.4) is 0 Å². The number of phosphoric acid groups is 2. The summed E-state index contributed by atoms with van der Waals surface area (Å²) in [6.45, 7) is 1.82. The number of ether oxygens (including phenoxy) is 3. The van der Waals surface area contributed by atoms with E-state index in [1.54, 1.807) is 12.2 Å². The van der Waals surface area contributed by atoms with Crippen molar-refractivity contribution < 1.29 is 71.4 Å². The zero-order valence-corrected chi connectivity index (χ0v) is 44.3. The van der Waals surface area contributed by atoms with Gasteiger partial charge >= 0.3 is 33.3 Å². The first kappa shape index (κ1) is 64.8. The molecule has 1 aromatic rings. The van der Waals surface area contributed by atoms with Crippen molar-refractivity contribution >= 4 is 33.4 Å². The summed E-state index contributed by atoms with van der Waals surface area (Å²) in [5.74, 6) is -1.45. The molecule has 0 spiro atoms. The van der Waals surface area contributed by atoms with Crippen LogP contribution in [-0.4, -0.2) is 96.9 Å². The molecule has 8 atom stereocenters. The minimum Gasteiger partial charge on any atom is -0.462 e. The van der Waals surface area contributed by atoms with Gasteiger partial charge in [0.15, 0.2) is 12.3 Å². The van der Waals surface area contributed by atoms with Gasteiger partial charge in [0.05, 0.1) is 19.3 Å². The van der Waals surface area contributed by atoms with Crippen LogP contribution in [0.1, 0.15) is 142 Å². The fourth-order valence-corrected chi connectivity index (χ4v) is 8.92. The molecule has 1 saturated heterocycles. The maximum absolute atomic E-state index is 12.8. The third-order valence-corrected chi connectivity index (χ3v) is 13.3. The van der Waals surface area contributed by atoms with Gasteiger partial charge in [0.25, 0.3) is 0 Å². The molecule has 3 unspecified atom stereocenters. The number of hydrogen-bond acceptors (Lipinski definition) is 16. The number of unbranched alkanes of at least 4 members (excludes halogenated alkanes) is 8. The third kappa shape index (κ3) is 31.9. The van der Waals surface area contributed by atoms with Crippen molar-refractivity contribution in [1.82, 2.24) is 9.55 Å². The summed E-state index contributed by atoms with van der Waals surface area (Å²) in [5.41, 5.74) is 4.57. The van der Waals surface area contributed by atoms with Crippen LogP contribution in [0.2, 0.25) is 0 Å². The lowest BCUT2D eigenvalue weighted by Crippen LogP contribution is -2.36. The Morgan fingerprint density at radius 1 is 0.740 bits per heavy atom. The SMILES string of the molecule is CC/C=C\CC(O)/C=C/C=C/C/C=C\C/C=C\C/C=C\CCC(=O)O[C@H](COC(=O)CCCCCCC/C=C\C/C=C\CCCCC)COP(=O)(O)OP(=O)(O)OC[C@H]1O[C@@H](n2ccc(N)nc2=O)[C@H](O)[C@@H]1O. The molecule has 0 aliphatic carbocycles. The molecule has 1 aliphatic rings. The molecule has 0 amide bonds. The van der Waals surface area contributed by atoms with Gasteiger partial charge in [0.1, 0.15) is 30.7 Å². The average molecular weight is 1070 g/mol. The first-order valence-corrected chi connectivity index (χ1v) is 28.3. The molecule has 7 N–H and O–H groups in total. The molecule has 1 aliphatic heterocycles. The maximum atomic E-state index is 12.8. The van der Waals surface area contributed by atoms with Crippen LogP contribution < -0.4 is 11.4 Å². The molecule has 1 aromatic heterocycles. The molecule has 0 radical (unpaired) electrons. The number of aliphatic hydroxyl groups excluding tert-OH is 3. The fourth-order valence-electron chi connectivity index (χ4n) is 6.80. The van der Waals surface area contributed by atoms with Gasteiger partial charge in [0.2, 0.25) is 0 Å². The molecule has 19 nitrogen and oxygen atoms in total. The zero-order chi connectivity index (χ0) is 53.6. The van der Waals surface area contributed by atoms with E-state index >= 15 is 0 Å². The third-order valence-electron chi connectivity index (χ3n) is 10.7. The highest BCUT2D eigenvalue weighted by Gasteiger charge is 2.46. The van der Waals surface area contributed by atoms with Crippen LogP contribution in [0, 0.1) is 0 Å². The molecule has 0 aromatic carbocycles. The van der Waals surface area contributed by atoms with E-state index < -0.39 is 89.8 Å². The maximum Gasteiger partial charge on any atom is 0.481 e. The van der Waals surface area contributed by atoms with Gasteiger partial charge in [-0.25, -0.2) is 13.9 Å². The van der Waals surface area contributed by atoms with Gasteiger partial charge < -0.3 is 45.1 Å². The molecule has 73 heavy (non-hydrogen) atoms. The molecule has 2 rings (SSSR count). The van der Waals surface area contributed by atoms with Gasteiger partial charge in [-0.05, 0) is 83.1 Å². The highest BCUT2D eigenvalue weighted by Crippen LogP contribution is 2.60. The number of carbonyl (C=O) groups excluding carboxylic acids is 2. The average Bonchev–Trinajstić information content (AvgIpc) is 3.62. The van der Waals surface area contributed by atoms with Crippen LogP contribution in [0.4, 0.5) is 5.82 Å². The van der Waals surface area contributed by atoms with Gasteiger partial charge in [0, 0.05) is 19.0 Å². The summed E-state index contributed by atoms with van der Waals surface area (Å²) in [5, 5.41) is 30.8. The number of anilines is 1. The largest absolute Gasteiger partial charge is 0.481 e. The molecular formula is C52H81N3O16P2. The standard InChI is InChI=1S/C52H81N3O16P2/c1-3-5-7-8-9-10-11-12-13-16-19-22-25-28-32-36-47(57)66-40-44(69-48(58)37-33-29-26-23-20-17-14-15-18-21-24-27-31-35-43(56)34-30-6-4-2)41-67-72(62,63)71-73(64,65)68-42-45-49(59)50(60)51(70-45)55-39-38-46(53)54-52(55)61/h6,9-10,12-13,15,17-18,20,24,26-27,29-31,35,38-39,43-45,49-51,56,59-60H,3-5,7-8,11,14,16,19,21-23,25,28,32-34,36-37,40-42H2,1-2H3,(H,62,63)(H,64,65)(H2,53,54,61)/b10-9-,13-12-,18-15-,20-17-,27-24+,29-26-,30-6-,35-31+/t43?,44-,45-,49-,50-,51-/m1/s1. The quantitative estimate of drug-likeness (QED) is 0.0117. The van der Waals surface area contributed by atoms with Crippen molar-refractivity contribution in [2.24, 2.45) is 0 Å². The van der Waals surface area contributed by atoms with Crippen LogP contribution in [0.5, 0.6) is 0 Å². The second-order valence-electron chi connectivity index (χ2n) is 17.1. The summed E-state index contributed by atoms with van der Waals surface area (Å²) in [7, 11) is -10.9. The Balaban J connectivity index is 1.86. The number of carbonyl (C=O) groups is 2. The number of aromatic nitrogens is 2. The Bertz CT molecular complexity index is 2120. The van der Waals surface area contributed by atoms with Gasteiger partial charge in [-0.15, -0.1) is 0 Å². The molecule has 0 saturated carbocycles. The monoisotopic (exact) mass is 1070 g/mol. The second kappa shape index (κ2) is 39.1. The Morgan fingerprint density at radius 2 is 1.34 bits per heavy atom. The number of allylic oxidation sites excluding steroid dienone is 14. The summed E-state index contributed by atoms with van der Waals surface area (Å²) < 4.78 is 56.6. The predicted octanol–water partition coefficient (Wildman–Crippen LogP) is 9.41. The van der Waals surface area contributed by atoms with Crippen molar-refractivity contribution in [2.45, 2.75) is 173 Å². The van der Waals surface area contributed by atoms with Gasteiger partial charge in [-0.2, -0.15) is 9.29 Å². The van der Waals surface area contributed by atoms with Crippen LogP contribution in [0.15, 0.2) is 114 Å². The molecule has 1 fully saturated rings. The van der Waals surface area contributed by atoms with Crippen molar-refractivity contribution in [3.63, 3.8) is 0 Å². The van der Waals surface area contributed by atoms with Crippen molar-refractivity contribution in [3.05, 3.63) is 120 Å². The highest BCUT2D eigenvalue weighted by molar-refractivity contribution is 7.61. The number of nitrogens with two attached hydrogens (primary N) is 1. The number of rotatable bonds is 40. The van der Waals surface area contributed by atoms with E-state index in [2.05, 4.69) is 40.5 Å². The topological polar surface area (TPSA) is 286 Å². The summed E-state index contributed by atoms with van der Waals surface area (Å²) >= 11 is 0. The minimum atomic E-state index is -5.46. The highest BCUT2D eigenvalue weighted by atomic mass is 31.3. The Labute approximate surface area is 431 Å². The smallest absolute Gasteiger partial charge is 0.462 e. The first-order chi connectivity index (χ1) is 35.1. The summed E-state index contributed by atoms with van der Waals surface area (Å²) in [4.78, 5) is 61.9. The number of nitrogens with zero attached hydrogens (tertiary/aromatic N) is 2. The van der Waals surface area contributed by atoms with Gasteiger partial charge in [-0.1, -0.05) is 143 Å². The van der Waals surface area contributed by atoms with E-state index in [1.807, 2.05) is 67.7 Å².